The average molecular weight is 553 g/mol. The fraction of sp³-hybridized carbons (Fsp3) is 0.609. The first-order valence-electron chi connectivity index (χ1n) is 11.4. The predicted molar refractivity (Wildman–Crippen MR) is 138 cm³/mol. The van der Waals surface area contributed by atoms with Crippen molar-refractivity contribution in [3.8, 4) is 0 Å². The molecule has 0 atom stereocenters. The van der Waals surface area contributed by atoms with E-state index in [0.29, 0.717) is 6.54 Å². The van der Waals surface area contributed by atoms with Gasteiger partial charge < -0.3 is 19.9 Å². The van der Waals surface area contributed by atoms with E-state index in [2.05, 4.69) is 56.1 Å². The second-order valence-electron chi connectivity index (χ2n) is 8.62. The number of hydrogen-bond acceptors (Lipinski definition) is 5. The first-order valence-corrected chi connectivity index (χ1v) is 11.4. The molecule has 0 unspecified atom stereocenters. The molecular weight excluding hydrogens is 517 g/mol. The maximum Gasteiger partial charge on any atom is 0.191 e. The molecule has 32 heavy (non-hydrogen) atoms. The quantitative estimate of drug-likeness (QED) is 0.215. The van der Waals surface area contributed by atoms with Gasteiger partial charge in [-0.1, -0.05) is 30.3 Å². The Morgan fingerprint density at radius 2 is 1.88 bits per heavy atom. The van der Waals surface area contributed by atoms with Crippen molar-refractivity contribution in [3.63, 3.8) is 0 Å². The zero-order valence-electron chi connectivity index (χ0n) is 19.2. The molecule has 1 aromatic heterocycles. The molecule has 0 bridgehead atoms. The number of rotatable bonds is 9. The summed E-state index contributed by atoms with van der Waals surface area (Å²) >= 11 is 0. The van der Waals surface area contributed by atoms with E-state index in [-0.39, 0.29) is 29.4 Å². The number of benzene rings is 1. The third kappa shape index (κ3) is 6.64. The van der Waals surface area contributed by atoms with Crippen LogP contribution in [0.2, 0.25) is 0 Å². The Hall–Kier alpha value is -1.72. The standard InChI is InChI=1S/C23H35N7O.HI/c1-19-27-28-21(29(19)2)17-25-22(24-11-6-12-30-13-15-31-16-14-30)26-18-23(9-10-23)20-7-4-3-5-8-20;/h3-5,7-8H,6,9-18H2,1-2H3,(H2,24,25,26);1H. The number of halogens is 1. The van der Waals surface area contributed by atoms with Crippen molar-refractivity contribution in [3.05, 3.63) is 47.5 Å². The van der Waals surface area contributed by atoms with Gasteiger partial charge in [-0.3, -0.25) is 4.90 Å². The molecule has 4 rings (SSSR count). The summed E-state index contributed by atoms with van der Waals surface area (Å²) in [6.07, 6.45) is 3.52. The molecule has 1 aliphatic carbocycles. The van der Waals surface area contributed by atoms with E-state index >= 15 is 0 Å². The minimum atomic E-state index is 0. The van der Waals surface area contributed by atoms with E-state index in [9.17, 15) is 0 Å². The Kier molecular flexibility index (Phi) is 9.30. The van der Waals surface area contributed by atoms with Crippen molar-refractivity contribution < 1.29 is 4.74 Å². The van der Waals surface area contributed by atoms with Gasteiger partial charge in [-0.25, -0.2) is 4.99 Å². The molecule has 2 aliphatic rings. The third-order valence-electron chi connectivity index (χ3n) is 6.44. The lowest BCUT2D eigenvalue weighted by atomic mass is 9.96. The van der Waals surface area contributed by atoms with Crippen LogP contribution in [0.1, 0.15) is 36.5 Å². The SMILES string of the molecule is Cc1nnc(CN=C(NCCCN2CCOCC2)NCC2(c3ccccc3)CC2)n1C.I. The number of aromatic nitrogens is 3. The predicted octanol–water partition coefficient (Wildman–Crippen LogP) is 2.23. The van der Waals surface area contributed by atoms with Crippen LogP contribution in [-0.4, -0.2) is 71.6 Å². The molecule has 8 nitrogen and oxygen atoms in total. The summed E-state index contributed by atoms with van der Waals surface area (Å²) in [5.74, 6) is 2.63. The smallest absolute Gasteiger partial charge is 0.191 e. The van der Waals surface area contributed by atoms with E-state index in [1.165, 1.54) is 18.4 Å². The highest BCUT2D eigenvalue weighted by Gasteiger charge is 2.44. The fourth-order valence-corrected chi connectivity index (χ4v) is 4.01. The number of ether oxygens (including phenoxy) is 1. The number of aryl methyl sites for hydroxylation is 1. The maximum atomic E-state index is 5.44. The highest BCUT2D eigenvalue weighted by atomic mass is 127. The van der Waals surface area contributed by atoms with Gasteiger partial charge >= 0.3 is 0 Å². The molecule has 1 saturated carbocycles. The largest absolute Gasteiger partial charge is 0.379 e. The van der Waals surface area contributed by atoms with Gasteiger partial charge in [-0.2, -0.15) is 0 Å². The van der Waals surface area contributed by atoms with Crippen molar-refractivity contribution in [2.45, 2.75) is 38.1 Å². The highest BCUT2D eigenvalue weighted by molar-refractivity contribution is 14.0. The molecule has 0 amide bonds. The number of nitrogens with zero attached hydrogens (tertiary/aromatic N) is 5. The first kappa shape index (κ1) is 24.9. The highest BCUT2D eigenvalue weighted by Crippen LogP contribution is 2.47. The first-order chi connectivity index (χ1) is 15.2. The molecule has 1 aromatic carbocycles. The topological polar surface area (TPSA) is 79.6 Å². The van der Waals surface area contributed by atoms with E-state index in [1.807, 2.05) is 18.5 Å². The van der Waals surface area contributed by atoms with E-state index < -0.39 is 0 Å². The number of aliphatic imine (C=N–C) groups is 1. The van der Waals surface area contributed by atoms with Crippen molar-refractivity contribution >= 4 is 29.9 Å². The monoisotopic (exact) mass is 553 g/mol. The summed E-state index contributed by atoms with van der Waals surface area (Å²) in [5, 5.41) is 15.5. The molecule has 2 N–H and O–H groups in total. The fourth-order valence-electron chi connectivity index (χ4n) is 4.01. The van der Waals surface area contributed by atoms with E-state index in [1.54, 1.807) is 0 Å². The van der Waals surface area contributed by atoms with Crippen molar-refractivity contribution in [1.29, 1.82) is 0 Å². The average Bonchev–Trinajstić information content (AvgIpc) is 3.54. The van der Waals surface area contributed by atoms with E-state index in [4.69, 9.17) is 9.73 Å². The Morgan fingerprint density at radius 1 is 1.12 bits per heavy atom. The molecular formula is C23H36IN7O. The second-order valence-corrected chi connectivity index (χ2v) is 8.62. The molecule has 176 valence electrons. The summed E-state index contributed by atoms with van der Waals surface area (Å²) in [6, 6.07) is 10.8. The summed E-state index contributed by atoms with van der Waals surface area (Å²) < 4.78 is 7.43. The van der Waals surface area contributed by atoms with Crippen molar-refractivity contribution in [1.82, 2.24) is 30.3 Å². The van der Waals surface area contributed by atoms with Crippen LogP contribution in [0.3, 0.4) is 0 Å². The zero-order valence-corrected chi connectivity index (χ0v) is 21.5. The molecule has 1 aliphatic heterocycles. The number of morpholine rings is 1. The van der Waals surface area contributed by atoms with Crippen molar-refractivity contribution in [2.75, 3.05) is 45.9 Å². The molecule has 9 heteroatoms. The van der Waals surface area contributed by atoms with Crippen LogP contribution in [0.15, 0.2) is 35.3 Å². The second kappa shape index (κ2) is 11.9. The minimum Gasteiger partial charge on any atom is -0.379 e. The van der Waals surface area contributed by atoms with Gasteiger partial charge in [0.1, 0.15) is 12.4 Å². The van der Waals surface area contributed by atoms with Gasteiger partial charge in [0.15, 0.2) is 11.8 Å². The van der Waals surface area contributed by atoms with Gasteiger partial charge in [0.2, 0.25) is 0 Å². The van der Waals surface area contributed by atoms with Crippen LogP contribution in [-0.2, 0) is 23.7 Å². The van der Waals surface area contributed by atoms with Gasteiger partial charge in [0, 0.05) is 38.6 Å². The molecule has 2 heterocycles. The maximum absolute atomic E-state index is 5.44. The summed E-state index contributed by atoms with van der Waals surface area (Å²) in [7, 11) is 1.98. The summed E-state index contributed by atoms with van der Waals surface area (Å²) in [6.45, 7) is 9.09. The van der Waals surface area contributed by atoms with Crippen LogP contribution in [0.4, 0.5) is 0 Å². The van der Waals surface area contributed by atoms with Gasteiger partial charge in [0.05, 0.1) is 13.2 Å². The molecule has 0 radical (unpaired) electrons. The van der Waals surface area contributed by atoms with Crippen molar-refractivity contribution in [2.24, 2.45) is 12.0 Å². The van der Waals surface area contributed by atoms with Crippen LogP contribution in [0, 0.1) is 6.92 Å². The van der Waals surface area contributed by atoms with Gasteiger partial charge in [0.25, 0.3) is 0 Å². The Morgan fingerprint density at radius 3 is 2.53 bits per heavy atom. The minimum absolute atomic E-state index is 0. The Labute approximate surface area is 208 Å². The van der Waals surface area contributed by atoms with Gasteiger partial charge in [-0.15, -0.1) is 34.2 Å². The number of guanidine groups is 1. The summed E-state index contributed by atoms with van der Waals surface area (Å²) in [4.78, 5) is 7.28. The molecule has 2 fully saturated rings. The molecule has 2 aromatic rings. The van der Waals surface area contributed by atoms with Crippen LogP contribution >= 0.6 is 24.0 Å². The Bertz CT molecular complexity index is 860. The summed E-state index contributed by atoms with van der Waals surface area (Å²) in [5.41, 5.74) is 1.65. The van der Waals surface area contributed by atoms with Crippen LogP contribution in [0.5, 0.6) is 0 Å². The normalized spacial score (nSPS) is 18.1. The lowest BCUT2D eigenvalue weighted by Gasteiger charge is -2.26. The van der Waals surface area contributed by atoms with Crippen LogP contribution in [0.25, 0.3) is 0 Å². The number of nitrogens with one attached hydrogen (secondary N) is 2. The lowest BCUT2D eigenvalue weighted by molar-refractivity contribution is 0.0376. The number of hydrogen-bond donors (Lipinski definition) is 2. The zero-order chi connectivity index (χ0) is 21.5. The lowest BCUT2D eigenvalue weighted by Crippen LogP contribution is -2.43. The van der Waals surface area contributed by atoms with Gasteiger partial charge in [-0.05, 0) is 38.3 Å². The molecule has 1 saturated heterocycles. The van der Waals surface area contributed by atoms with E-state index in [0.717, 1.165) is 70.0 Å². The third-order valence-corrected chi connectivity index (χ3v) is 6.44. The Balaban J connectivity index is 0.00000289. The molecule has 0 spiro atoms. The van der Waals surface area contributed by atoms with Crippen LogP contribution < -0.4 is 10.6 Å².